The maximum absolute atomic E-state index is 6.81. The lowest BCUT2D eigenvalue weighted by atomic mass is 9.91. The van der Waals surface area contributed by atoms with Gasteiger partial charge in [0.25, 0.3) is 0 Å². The maximum atomic E-state index is 6.81. The van der Waals surface area contributed by atoms with Gasteiger partial charge in [-0.2, -0.15) is 0 Å². The van der Waals surface area contributed by atoms with Crippen molar-refractivity contribution >= 4 is 104 Å². The second-order valence-electron chi connectivity index (χ2n) is 13.1. The summed E-state index contributed by atoms with van der Waals surface area (Å²) in [5, 5.41) is 18.5. The quantitative estimate of drug-likeness (QED) is 0.183. The van der Waals surface area contributed by atoms with E-state index < -0.39 is 0 Å². The van der Waals surface area contributed by atoms with E-state index in [9.17, 15) is 0 Å². The fourth-order valence-corrected chi connectivity index (χ4v) is 9.04. The molecule has 0 aliphatic heterocycles. The smallest absolute Gasteiger partial charge is 0.130 e. The van der Waals surface area contributed by atoms with Crippen molar-refractivity contribution in [2.45, 2.75) is 19.0 Å². The average Bonchev–Trinajstić information content (AvgIpc) is 3.65. The Labute approximate surface area is 287 Å². The molecule has 0 saturated carbocycles. The molecule has 7 aromatic carbocycles. The molecule has 4 heteroatoms. The van der Waals surface area contributed by atoms with Gasteiger partial charge in [-0.15, -0.1) is 11.3 Å². The molecule has 1 unspecified atom stereocenters. The average molecular weight is 648 g/mol. The van der Waals surface area contributed by atoms with E-state index in [0.717, 1.165) is 50.3 Å². The number of anilines is 2. The number of nitrogen functional groups attached to an aromatic ring is 1. The van der Waals surface area contributed by atoms with Crippen molar-refractivity contribution in [3.8, 4) is 0 Å². The summed E-state index contributed by atoms with van der Waals surface area (Å²) < 4.78 is 3.61. The van der Waals surface area contributed by atoms with Gasteiger partial charge in [-0.25, -0.2) is 0 Å². The lowest BCUT2D eigenvalue weighted by Gasteiger charge is -2.27. The van der Waals surface area contributed by atoms with Crippen molar-refractivity contribution in [3.05, 3.63) is 150 Å². The zero-order chi connectivity index (χ0) is 32.6. The Morgan fingerprint density at radius 2 is 1.16 bits per heavy atom. The van der Waals surface area contributed by atoms with Gasteiger partial charge >= 0.3 is 0 Å². The minimum absolute atomic E-state index is 0.322. The highest BCUT2D eigenvalue weighted by Gasteiger charge is 2.25. The lowest BCUT2D eigenvalue weighted by molar-refractivity contribution is 0.747. The highest BCUT2D eigenvalue weighted by molar-refractivity contribution is 7.23. The Kier molecular flexibility index (Phi) is 6.24. The molecule has 0 radical (unpaired) electrons. The molecular weight excluding hydrogens is 615 g/mol. The van der Waals surface area contributed by atoms with Crippen LogP contribution in [0.4, 0.5) is 10.7 Å². The number of nitrogens with zero attached hydrogens (tertiary/aromatic N) is 1. The summed E-state index contributed by atoms with van der Waals surface area (Å²) in [5.74, 6) is 0. The van der Waals surface area contributed by atoms with E-state index >= 15 is 0 Å². The Balaban J connectivity index is 1.25. The molecule has 9 aromatic rings. The number of nitrogens with two attached hydrogens (primary N) is 1. The van der Waals surface area contributed by atoms with Gasteiger partial charge in [0.15, 0.2) is 0 Å². The van der Waals surface area contributed by atoms with Gasteiger partial charge in [-0.1, -0.05) is 116 Å². The molecule has 0 fully saturated rings. The number of aromatic nitrogens is 1. The summed E-state index contributed by atoms with van der Waals surface area (Å²) in [4.78, 5) is 0. The summed E-state index contributed by atoms with van der Waals surface area (Å²) in [7, 11) is 0. The maximum Gasteiger partial charge on any atom is 0.130 e. The number of para-hydroxylation sites is 1. The monoisotopic (exact) mass is 647 g/mol. The second kappa shape index (κ2) is 10.8. The van der Waals surface area contributed by atoms with E-state index in [1.165, 1.54) is 59.0 Å². The van der Waals surface area contributed by atoms with E-state index in [2.05, 4.69) is 149 Å². The Morgan fingerprint density at radius 1 is 0.592 bits per heavy atom. The van der Waals surface area contributed by atoms with Gasteiger partial charge < -0.3 is 15.6 Å². The zero-order valence-electron chi connectivity index (χ0n) is 26.9. The number of hydrogen-bond donors (Lipinski definition) is 2. The van der Waals surface area contributed by atoms with Crippen LogP contribution < -0.4 is 21.5 Å². The zero-order valence-corrected chi connectivity index (χ0v) is 27.7. The fraction of sp³-hybridized carbons (Fsp3) is 0.0667. The van der Waals surface area contributed by atoms with Crippen molar-refractivity contribution in [1.29, 1.82) is 0 Å². The predicted octanol–water partition coefficient (Wildman–Crippen LogP) is 10.7. The van der Waals surface area contributed by atoms with E-state index in [1.807, 2.05) is 0 Å². The topological polar surface area (TPSA) is 43.0 Å². The lowest BCUT2D eigenvalue weighted by Crippen LogP contribution is -2.27. The first-order chi connectivity index (χ1) is 24.1. The third-order valence-corrected chi connectivity index (χ3v) is 11.4. The van der Waals surface area contributed by atoms with E-state index in [1.54, 1.807) is 11.3 Å². The van der Waals surface area contributed by atoms with Crippen molar-refractivity contribution < 1.29 is 0 Å². The first-order valence-corrected chi connectivity index (χ1v) is 17.7. The normalized spacial score (nSPS) is 13.6. The number of thiophene rings is 1. The number of rotatable bonds is 5. The molecule has 0 saturated heterocycles. The summed E-state index contributed by atoms with van der Waals surface area (Å²) >= 11 is 1.62. The summed E-state index contributed by atoms with van der Waals surface area (Å²) in [6.07, 6.45) is 6.56. The van der Waals surface area contributed by atoms with Crippen LogP contribution in [0.5, 0.6) is 0 Å². The van der Waals surface area contributed by atoms with Crippen molar-refractivity contribution in [2.24, 2.45) is 0 Å². The standard InChI is InChI=1S/C45H33N3S/c1-27(28-22-23-35-33-16-5-4-14-31(33)32-15-6-7-17-34(32)38(35)24-28)45(47-43-37-19-9-11-21-42(37)49-44(43)46)48-40-20-10-8-18-36(40)39-25-29-12-2-3-13-30(29)26-41(39)48/h4-26,45,47H,1-3,46H2. The largest absolute Gasteiger partial charge is 0.389 e. The van der Waals surface area contributed by atoms with Crippen LogP contribution >= 0.6 is 11.3 Å². The van der Waals surface area contributed by atoms with Crippen LogP contribution in [0.1, 0.15) is 24.6 Å². The first kappa shape index (κ1) is 28.2. The molecule has 49 heavy (non-hydrogen) atoms. The van der Waals surface area contributed by atoms with Crippen LogP contribution in [-0.4, -0.2) is 4.57 Å². The molecule has 1 atom stereocenters. The highest BCUT2D eigenvalue weighted by atomic mass is 32.1. The molecule has 3 nitrogen and oxygen atoms in total. The van der Waals surface area contributed by atoms with Crippen LogP contribution in [0.2, 0.25) is 0 Å². The van der Waals surface area contributed by atoms with Gasteiger partial charge in [0.2, 0.25) is 0 Å². The minimum Gasteiger partial charge on any atom is -0.389 e. The van der Waals surface area contributed by atoms with E-state index in [0.29, 0.717) is 0 Å². The third-order valence-electron chi connectivity index (χ3n) is 10.4. The molecule has 0 amide bonds. The molecular formula is C45H33N3S. The number of fused-ring (bicyclic) bond motifs is 11. The van der Waals surface area contributed by atoms with Gasteiger partial charge in [-0.05, 0) is 97.1 Å². The van der Waals surface area contributed by atoms with E-state index in [4.69, 9.17) is 12.3 Å². The van der Waals surface area contributed by atoms with E-state index in [-0.39, 0.29) is 6.17 Å². The van der Waals surface area contributed by atoms with Crippen LogP contribution in [0.25, 0.3) is 81.9 Å². The third kappa shape index (κ3) is 4.27. The van der Waals surface area contributed by atoms with Crippen molar-refractivity contribution in [1.82, 2.24) is 4.57 Å². The highest BCUT2D eigenvalue weighted by Crippen LogP contribution is 2.44. The van der Waals surface area contributed by atoms with Crippen LogP contribution in [-0.2, 0) is 0 Å². The van der Waals surface area contributed by atoms with Gasteiger partial charge in [0.1, 0.15) is 11.2 Å². The summed E-state index contributed by atoms with van der Waals surface area (Å²) in [5.41, 5.74) is 12.2. The molecule has 0 bridgehead atoms. The molecule has 1 aliphatic carbocycles. The van der Waals surface area contributed by atoms with Crippen LogP contribution in [0, 0.1) is 0 Å². The SMILES string of the molecule is C=C(c1ccc2c3ccccc3c3ccccc3c2c1)C(Nc1c(N)sc2ccccc12)n1c2ccccc2c2cc3c(cc21)=CCCC=3. The van der Waals surface area contributed by atoms with Gasteiger partial charge in [0.05, 0.1) is 16.7 Å². The summed E-state index contributed by atoms with van der Waals surface area (Å²) in [6.45, 7) is 4.89. The second-order valence-corrected chi connectivity index (χ2v) is 14.2. The van der Waals surface area contributed by atoms with Crippen LogP contribution in [0.15, 0.2) is 134 Å². The molecule has 1 aliphatic rings. The Bertz CT molecular complexity index is 2930. The fourth-order valence-electron chi connectivity index (χ4n) is 8.11. The number of benzene rings is 7. The molecule has 234 valence electrons. The number of nitrogens with one attached hydrogen (secondary N) is 1. The predicted molar refractivity (Wildman–Crippen MR) is 214 cm³/mol. The Morgan fingerprint density at radius 3 is 1.88 bits per heavy atom. The Hall–Kier alpha value is -5.84. The first-order valence-electron chi connectivity index (χ1n) is 16.9. The number of hydrogen-bond acceptors (Lipinski definition) is 3. The molecule has 2 heterocycles. The minimum atomic E-state index is -0.322. The summed E-state index contributed by atoms with van der Waals surface area (Å²) in [6, 6.07) is 46.3. The van der Waals surface area contributed by atoms with Crippen molar-refractivity contribution in [3.63, 3.8) is 0 Å². The molecule has 3 N–H and O–H groups in total. The van der Waals surface area contributed by atoms with Gasteiger partial charge in [-0.3, -0.25) is 0 Å². The van der Waals surface area contributed by atoms with Gasteiger partial charge in [0, 0.05) is 20.9 Å². The van der Waals surface area contributed by atoms with Crippen LogP contribution in [0.3, 0.4) is 0 Å². The molecule has 0 spiro atoms. The van der Waals surface area contributed by atoms with Crippen molar-refractivity contribution in [2.75, 3.05) is 11.1 Å². The molecule has 10 rings (SSSR count). The molecule has 2 aromatic heterocycles.